The molecular weight excluding hydrogens is 496 g/mol. The van der Waals surface area contributed by atoms with Gasteiger partial charge in [-0.1, -0.05) is 53.2 Å². The molecule has 0 radical (unpaired) electrons. The second kappa shape index (κ2) is 11.7. The van der Waals surface area contributed by atoms with Gasteiger partial charge in [-0.3, -0.25) is 9.59 Å². The predicted molar refractivity (Wildman–Crippen MR) is 134 cm³/mol. The Morgan fingerprint density at radius 3 is 2.56 bits per heavy atom. The molecule has 1 atom stereocenters. The fourth-order valence-electron chi connectivity index (χ4n) is 4.16. The predicted octanol–water partition coefficient (Wildman–Crippen LogP) is 2.70. The molecule has 1 N–H and O–H groups in total. The molecule has 182 valence electrons. The lowest BCUT2D eigenvalue weighted by Crippen LogP contribution is -3.05. The maximum absolute atomic E-state index is 13.6. The maximum atomic E-state index is 13.6. The van der Waals surface area contributed by atoms with Gasteiger partial charge in [-0.05, 0) is 54.3 Å². The molecule has 1 fully saturated rings. The van der Waals surface area contributed by atoms with Gasteiger partial charge in [0.25, 0.3) is 5.91 Å². The Balaban J connectivity index is 2.03. The number of ketones is 1. The van der Waals surface area contributed by atoms with Crippen molar-refractivity contribution < 1.29 is 24.3 Å². The summed E-state index contributed by atoms with van der Waals surface area (Å²) in [5, 5.41) is 13.6. The number of hydrogen-bond donors (Lipinski definition) is 1. The minimum Gasteiger partial charge on any atom is -0.872 e. The number of halogens is 1. The Morgan fingerprint density at radius 1 is 1.15 bits per heavy atom. The van der Waals surface area contributed by atoms with Gasteiger partial charge in [0.15, 0.2) is 0 Å². The zero-order chi connectivity index (χ0) is 24.8. The van der Waals surface area contributed by atoms with E-state index in [9.17, 15) is 14.7 Å². The number of carbonyl (C=O) groups is 2. The largest absolute Gasteiger partial charge is 0.872 e. The third-order valence-corrected chi connectivity index (χ3v) is 6.46. The van der Waals surface area contributed by atoms with Crippen LogP contribution in [0.5, 0.6) is 5.75 Å². The van der Waals surface area contributed by atoms with E-state index >= 15 is 0 Å². The topological polar surface area (TPSA) is 74.1 Å². The van der Waals surface area contributed by atoms with Crippen LogP contribution in [-0.4, -0.2) is 50.4 Å². The van der Waals surface area contributed by atoms with Crippen molar-refractivity contribution in [3.8, 4) is 5.75 Å². The molecule has 0 bridgehead atoms. The number of Topliss-reactive ketones (excluding diaryl/α,β-unsaturated/α-hetero) is 1. The second-order valence-corrected chi connectivity index (χ2v) is 9.94. The summed E-state index contributed by atoms with van der Waals surface area (Å²) in [7, 11) is 4.09. The normalized spacial score (nSPS) is 17.6. The van der Waals surface area contributed by atoms with E-state index in [1.165, 1.54) is 4.90 Å². The van der Waals surface area contributed by atoms with Crippen molar-refractivity contribution in [2.45, 2.75) is 39.2 Å². The van der Waals surface area contributed by atoms with Crippen LogP contribution in [-0.2, 0) is 9.59 Å². The molecule has 2 aromatic rings. The number of quaternary nitrogens is 1. The Bertz CT molecular complexity index is 1080. The van der Waals surface area contributed by atoms with Gasteiger partial charge in [-0.25, -0.2) is 0 Å². The molecule has 0 saturated carbocycles. The number of carbonyl (C=O) groups excluding carboxylic acids is 2. The number of nitrogens with zero attached hydrogens (tertiary/aromatic N) is 1. The lowest BCUT2D eigenvalue weighted by molar-refractivity contribution is -0.858. The quantitative estimate of drug-likeness (QED) is 0.222. The van der Waals surface area contributed by atoms with Crippen molar-refractivity contribution in [2.24, 2.45) is 0 Å². The smallest absolute Gasteiger partial charge is 0.295 e. The van der Waals surface area contributed by atoms with Gasteiger partial charge in [-0.2, -0.15) is 0 Å². The number of amides is 1. The monoisotopic (exact) mass is 528 g/mol. The summed E-state index contributed by atoms with van der Waals surface area (Å²) in [5.41, 5.74) is 1.96. The van der Waals surface area contributed by atoms with Crippen LogP contribution in [0.1, 0.15) is 48.9 Å². The SMILES string of the molecule is CCCCOc1ccc(C([O-])=C2C(=O)C(=O)N(CCC[NH+](C)C)C2c2cccc(Br)c2)cc1C. The van der Waals surface area contributed by atoms with Gasteiger partial charge >= 0.3 is 0 Å². The highest BCUT2D eigenvalue weighted by molar-refractivity contribution is 9.10. The van der Waals surface area contributed by atoms with E-state index in [2.05, 4.69) is 22.9 Å². The molecule has 0 spiro atoms. The molecule has 3 rings (SSSR count). The van der Waals surface area contributed by atoms with Crippen LogP contribution in [0.25, 0.3) is 5.76 Å². The van der Waals surface area contributed by atoms with Gasteiger partial charge in [0.2, 0.25) is 5.78 Å². The van der Waals surface area contributed by atoms with E-state index in [4.69, 9.17) is 4.74 Å². The number of ether oxygens (including phenoxy) is 1. The van der Waals surface area contributed by atoms with E-state index in [1.807, 2.05) is 45.3 Å². The molecule has 0 aliphatic carbocycles. The number of likely N-dealkylation sites (tertiary alicyclic amines) is 1. The molecule has 1 aliphatic rings. The molecule has 1 amide bonds. The molecule has 1 heterocycles. The first-order chi connectivity index (χ1) is 16.2. The average molecular weight is 529 g/mol. The van der Waals surface area contributed by atoms with Crippen LogP contribution in [0.3, 0.4) is 0 Å². The van der Waals surface area contributed by atoms with Gasteiger partial charge in [0, 0.05) is 23.0 Å². The highest BCUT2D eigenvalue weighted by Crippen LogP contribution is 2.39. The van der Waals surface area contributed by atoms with E-state index < -0.39 is 23.5 Å². The summed E-state index contributed by atoms with van der Waals surface area (Å²) < 4.78 is 6.63. The van der Waals surface area contributed by atoms with Crippen molar-refractivity contribution in [3.63, 3.8) is 0 Å². The lowest BCUT2D eigenvalue weighted by Gasteiger charge is -2.28. The van der Waals surface area contributed by atoms with E-state index in [1.54, 1.807) is 23.1 Å². The number of hydrogen-bond acceptors (Lipinski definition) is 4. The molecule has 1 aliphatic heterocycles. The van der Waals surface area contributed by atoms with Crippen molar-refractivity contribution in [3.05, 3.63) is 69.2 Å². The highest BCUT2D eigenvalue weighted by Gasteiger charge is 2.44. The third-order valence-electron chi connectivity index (χ3n) is 5.96. The van der Waals surface area contributed by atoms with Crippen molar-refractivity contribution in [1.82, 2.24) is 4.90 Å². The van der Waals surface area contributed by atoms with Crippen molar-refractivity contribution in [2.75, 3.05) is 33.8 Å². The maximum Gasteiger partial charge on any atom is 0.295 e. The first kappa shape index (κ1) is 26.0. The van der Waals surface area contributed by atoms with Crippen LogP contribution in [0.15, 0.2) is 52.5 Å². The highest BCUT2D eigenvalue weighted by atomic mass is 79.9. The number of aryl methyl sites for hydroxylation is 1. The van der Waals surface area contributed by atoms with Gasteiger partial charge in [-0.15, -0.1) is 0 Å². The Hall–Kier alpha value is -2.64. The summed E-state index contributed by atoms with van der Waals surface area (Å²) in [5.74, 6) is -1.01. The first-order valence-corrected chi connectivity index (χ1v) is 12.6. The van der Waals surface area contributed by atoms with Gasteiger partial charge in [0.1, 0.15) is 5.75 Å². The van der Waals surface area contributed by atoms with Crippen molar-refractivity contribution >= 4 is 33.4 Å². The van der Waals surface area contributed by atoms with Gasteiger partial charge in [0.05, 0.1) is 33.3 Å². The summed E-state index contributed by atoms with van der Waals surface area (Å²) >= 11 is 3.48. The van der Waals surface area contributed by atoms with Gasteiger partial charge < -0.3 is 19.6 Å². The number of nitrogens with one attached hydrogen (secondary N) is 1. The van der Waals surface area contributed by atoms with Crippen LogP contribution >= 0.6 is 15.9 Å². The molecule has 2 aromatic carbocycles. The summed E-state index contributed by atoms with van der Waals surface area (Å²) in [6.45, 7) is 5.86. The van der Waals surface area contributed by atoms with Crippen LogP contribution < -0.4 is 14.7 Å². The zero-order valence-electron chi connectivity index (χ0n) is 20.3. The molecule has 6 nitrogen and oxygen atoms in total. The Kier molecular flexibility index (Phi) is 8.91. The fraction of sp³-hybridized carbons (Fsp3) is 0.407. The Labute approximate surface area is 210 Å². The number of rotatable bonds is 10. The summed E-state index contributed by atoms with van der Waals surface area (Å²) in [6, 6.07) is 11.9. The zero-order valence-corrected chi connectivity index (χ0v) is 21.9. The summed E-state index contributed by atoms with van der Waals surface area (Å²) in [6.07, 6.45) is 2.72. The standard InChI is InChI=1S/C27H33BrN2O4/c1-5-6-15-34-22-12-11-20(16-18(22)2)25(31)23-24(19-9-7-10-21(28)17-19)30(27(33)26(23)32)14-8-13-29(3)4/h7,9-12,16-17,24,31H,5-6,8,13-15H2,1-4H3. The van der Waals surface area contributed by atoms with Crippen LogP contribution in [0.2, 0.25) is 0 Å². The molecule has 1 saturated heterocycles. The molecule has 1 unspecified atom stereocenters. The van der Waals surface area contributed by atoms with Crippen molar-refractivity contribution in [1.29, 1.82) is 0 Å². The molecule has 0 aromatic heterocycles. The second-order valence-electron chi connectivity index (χ2n) is 9.02. The summed E-state index contributed by atoms with van der Waals surface area (Å²) in [4.78, 5) is 29.0. The Morgan fingerprint density at radius 2 is 1.91 bits per heavy atom. The van der Waals surface area contributed by atoms with Crippen LogP contribution in [0, 0.1) is 6.92 Å². The lowest BCUT2D eigenvalue weighted by atomic mass is 9.94. The fourth-order valence-corrected chi connectivity index (χ4v) is 4.58. The third kappa shape index (κ3) is 5.88. The minimum absolute atomic E-state index is 0.0133. The van der Waals surface area contributed by atoms with E-state index in [-0.39, 0.29) is 5.57 Å². The first-order valence-electron chi connectivity index (χ1n) is 11.8. The molecule has 34 heavy (non-hydrogen) atoms. The minimum atomic E-state index is -0.715. The molecular formula is C27H33BrN2O4. The van der Waals surface area contributed by atoms with Crippen LogP contribution in [0.4, 0.5) is 0 Å². The van der Waals surface area contributed by atoms with E-state index in [0.717, 1.165) is 47.2 Å². The average Bonchev–Trinajstić information content (AvgIpc) is 3.04. The number of benzene rings is 2. The van der Waals surface area contributed by atoms with E-state index in [0.29, 0.717) is 18.7 Å². The number of unbranched alkanes of at least 4 members (excludes halogenated alkanes) is 1. The molecule has 7 heteroatoms.